The molecule has 0 saturated heterocycles. The van der Waals surface area contributed by atoms with E-state index in [9.17, 15) is 0 Å². The van der Waals surface area contributed by atoms with Gasteiger partial charge in [0.15, 0.2) is 0 Å². The van der Waals surface area contributed by atoms with Gasteiger partial charge in [0.2, 0.25) is 0 Å². The van der Waals surface area contributed by atoms with Crippen LogP contribution in [-0.4, -0.2) is 21.1 Å². The molecule has 1 atom stereocenters. The van der Waals surface area contributed by atoms with Crippen molar-refractivity contribution in [1.82, 2.24) is 19.9 Å². The van der Waals surface area contributed by atoms with Crippen molar-refractivity contribution in [1.29, 1.82) is 0 Å². The third-order valence-electron chi connectivity index (χ3n) is 3.15. The molecule has 0 radical (unpaired) electrons. The summed E-state index contributed by atoms with van der Waals surface area (Å²) in [6.07, 6.45) is 7.78. The summed E-state index contributed by atoms with van der Waals surface area (Å²) >= 11 is 0. The highest BCUT2D eigenvalue weighted by molar-refractivity contribution is 5.11. The topological polar surface area (TPSA) is 42.7 Å². The molecule has 0 aromatic carbocycles. The molecule has 0 aliphatic rings. The first kappa shape index (κ1) is 13.7. The van der Waals surface area contributed by atoms with E-state index >= 15 is 0 Å². The zero-order chi connectivity index (χ0) is 13.5. The summed E-state index contributed by atoms with van der Waals surface area (Å²) < 4.78 is 2.23. The zero-order valence-electron chi connectivity index (χ0n) is 11.7. The molecule has 4 nitrogen and oxygen atoms in total. The molecule has 0 aliphatic heterocycles. The lowest BCUT2D eigenvalue weighted by Crippen LogP contribution is -2.25. The first-order valence-electron chi connectivity index (χ1n) is 6.99. The standard InChI is InChI=1S/C15H22N4/c1-3-10-19-11-9-18-15(19)12-14(16-4-2)13-7-5-6-8-17-13/h5-9,11,14,16H,3-4,10,12H2,1-2H3. The molecule has 102 valence electrons. The first-order chi connectivity index (χ1) is 9.35. The number of aromatic nitrogens is 3. The fourth-order valence-corrected chi connectivity index (χ4v) is 2.27. The molecule has 2 aromatic heterocycles. The number of likely N-dealkylation sites (N-methyl/N-ethyl adjacent to an activating group) is 1. The molecular formula is C15H22N4. The minimum absolute atomic E-state index is 0.226. The smallest absolute Gasteiger partial charge is 0.110 e. The average Bonchev–Trinajstić information content (AvgIpc) is 2.87. The van der Waals surface area contributed by atoms with Crippen molar-refractivity contribution >= 4 is 0 Å². The van der Waals surface area contributed by atoms with Gasteiger partial charge in [0, 0.05) is 31.6 Å². The Balaban J connectivity index is 2.14. The van der Waals surface area contributed by atoms with Crippen LogP contribution in [0.25, 0.3) is 0 Å². The Bertz CT molecular complexity index is 478. The number of imidazole rings is 1. The second kappa shape index (κ2) is 7.04. The van der Waals surface area contributed by atoms with Crippen molar-refractivity contribution < 1.29 is 0 Å². The van der Waals surface area contributed by atoms with Gasteiger partial charge in [0.1, 0.15) is 5.82 Å². The zero-order valence-corrected chi connectivity index (χ0v) is 11.7. The Kier molecular flexibility index (Phi) is 5.10. The molecule has 0 amide bonds. The number of pyridine rings is 1. The van der Waals surface area contributed by atoms with Gasteiger partial charge in [-0.05, 0) is 25.1 Å². The van der Waals surface area contributed by atoms with Crippen LogP contribution >= 0.6 is 0 Å². The van der Waals surface area contributed by atoms with Crippen LogP contribution in [0.4, 0.5) is 0 Å². The van der Waals surface area contributed by atoms with E-state index in [-0.39, 0.29) is 6.04 Å². The van der Waals surface area contributed by atoms with Crippen molar-refractivity contribution in [3.8, 4) is 0 Å². The molecule has 1 unspecified atom stereocenters. The van der Waals surface area contributed by atoms with Gasteiger partial charge >= 0.3 is 0 Å². The molecular weight excluding hydrogens is 236 g/mol. The Morgan fingerprint density at radius 1 is 1.21 bits per heavy atom. The van der Waals surface area contributed by atoms with Crippen LogP contribution < -0.4 is 5.32 Å². The van der Waals surface area contributed by atoms with Crippen LogP contribution in [0.3, 0.4) is 0 Å². The Morgan fingerprint density at radius 3 is 2.79 bits per heavy atom. The summed E-state index contributed by atoms with van der Waals surface area (Å²) in [6, 6.07) is 6.28. The number of aryl methyl sites for hydroxylation is 1. The maximum Gasteiger partial charge on any atom is 0.110 e. The van der Waals surface area contributed by atoms with Gasteiger partial charge < -0.3 is 9.88 Å². The molecule has 0 fully saturated rings. The predicted octanol–water partition coefficient (Wildman–Crippen LogP) is 2.58. The second-order valence-electron chi connectivity index (χ2n) is 4.61. The lowest BCUT2D eigenvalue weighted by molar-refractivity contribution is 0.506. The van der Waals surface area contributed by atoms with Gasteiger partial charge in [-0.25, -0.2) is 4.98 Å². The molecule has 19 heavy (non-hydrogen) atoms. The highest BCUT2D eigenvalue weighted by atomic mass is 15.1. The largest absolute Gasteiger partial charge is 0.335 e. The third kappa shape index (κ3) is 3.64. The molecule has 0 aliphatic carbocycles. The van der Waals surface area contributed by atoms with E-state index in [0.717, 1.165) is 37.4 Å². The molecule has 2 aromatic rings. The minimum Gasteiger partial charge on any atom is -0.335 e. The van der Waals surface area contributed by atoms with Crippen LogP contribution in [0.2, 0.25) is 0 Å². The maximum absolute atomic E-state index is 4.48. The Morgan fingerprint density at radius 2 is 2.11 bits per heavy atom. The second-order valence-corrected chi connectivity index (χ2v) is 4.61. The van der Waals surface area contributed by atoms with E-state index in [0.29, 0.717) is 0 Å². The van der Waals surface area contributed by atoms with E-state index in [1.54, 1.807) is 0 Å². The number of rotatable bonds is 7. The van der Waals surface area contributed by atoms with Crippen molar-refractivity contribution in [3.63, 3.8) is 0 Å². The van der Waals surface area contributed by atoms with E-state index in [4.69, 9.17) is 0 Å². The summed E-state index contributed by atoms with van der Waals surface area (Å²) in [5.74, 6) is 1.12. The summed E-state index contributed by atoms with van der Waals surface area (Å²) in [5, 5.41) is 3.49. The first-order valence-corrected chi connectivity index (χ1v) is 6.99. The number of hydrogen-bond donors (Lipinski definition) is 1. The summed E-state index contributed by atoms with van der Waals surface area (Å²) in [5.41, 5.74) is 1.08. The quantitative estimate of drug-likeness (QED) is 0.830. The van der Waals surface area contributed by atoms with Crippen LogP contribution in [0.5, 0.6) is 0 Å². The lowest BCUT2D eigenvalue weighted by Gasteiger charge is -2.17. The fraction of sp³-hybridized carbons (Fsp3) is 0.467. The molecule has 0 bridgehead atoms. The summed E-state index contributed by atoms with van der Waals surface area (Å²) in [4.78, 5) is 8.93. The Hall–Kier alpha value is -1.68. The van der Waals surface area contributed by atoms with E-state index in [1.165, 1.54) is 0 Å². The van der Waals surface area contributed by atoms with Gasteiger partial charge in [-0.1, -0.05) is 19.9 Å². The van der Waals surface area contributed by atoms with E-state index in [1.807, 2.05) is 24.5 Å². The van der Waals surface area contributed by atoms with Crippen LogP contribution in [0.15, 0.2) is 36.8 Å². The van der Waals surface area contributed by atoms with Crippen molar-refractivity contribution in [2.24, 2.45) is 0 Å². The highest BCUT2D eigenvalue weighted by Gasteiger charge is 2.15. The molecule has 4 heteroatoms. The van der Waals surface area contributed by atoms with Crippen molar-refractivity contribution in [2.45, 2.75) is 39.3 Å². The van der Waals surface area contributed by atoms with Crippen LogP contribution in [0.1, 0.15) is 37.8 Å². The molecule has 0 saturated carbocycles. The summed E-state index contributed by atoms with van der Waals surface area (Å²) in [7, 11) is 0. The van der Waals surface area contributed by atoms with E-state index < -0.39 is 0 Å². The summed E-state index contributed by atoms with van der Waals surface area (Å²) in [6.45, 7) is 6.25. The number of nitrogens with zero attached hydrogens (tertiary/aromatic N) is 3. The molecule has 0 spiro atoms. The minimum atomic E-state index is 0.226. The predicted molar refractivity (Wildman–Crippen MR) is 76.9 cm³/mol. The van der Waals surface area contributed by atoms with Gasteiger partial charge in [-0.2, -0.15) is 0 Å². The SMILES string of the molecule is CCCn1ccnc1CC(NCC)c1ccccn1. The normalized spacial score (nSPS) is 12.5. The van der Waals surface area contributed by atoms with Crippen LogP contribution in [0, 0.1) is 0 Å². The van der Waals surface area contributed by atoms with Crippen molar-refractivity contribution in [2.75, 3.05) is 6.54 Å². The average molecular weight is 258 g/mol. The highest BCUT2D eigenvalue weighted by Crippen LogP contribution is 2.15. The number of nitrogens with one attached hydrogen (secondary N) is 1. The molecule has 1 N–H and O–H groups in total. The molecule has 2 rings (SSSR count). The lowest BCUT2D eigenvalue weighted by atomic mass is 10.1. The maximum atomic E-state index is 4.48. The third-order valence-corrected chi connectivity index (χ3v) is 3.15. The van der Waals surface area contributed by atoms with Gasteiger partial charge in [-0.3, -0.25) is 4.98 Å². The molecule has 2 heterocycles. The van der Waals surface area contributed by atoms with Crippen LogP contribution in [-0.2, 0) is 13.0 Å². The van der Waals surface area contributed by atoms with Gasteiger partial charge in [-0.15, -0.1) is 0 Å². The monoisotopic (exact) mass is 258 g/mol. The van der Waals surface area contributed by atoms with Gasteiger partial charge in [0.25, 0.3) is 0 Å². The van der Waals surface area contributed by atoms with E-state index in [2.05, 4.69) is 46.0 Å². The van der Waals surface area contributed by atoms with Gasteiger partial charge in [0.05, 0.1) is 11.7 Å². The number of hydrogen-bond acceptors (Lipinski definition) is 3. The fourth-order valence-electron chi connectivity index (χ4n) is 2.27. The van der Waals surface area contributed by atoms with Crippen molar-refractivity contribution in [3.05, 3.63) is 48.3 Å². The Labute approximate surface area is 114 Å².